The summed E-state index contributed by atoms with van der Waals surface area (Å²) < 4.78 is 0. The van der Waals surface area contributed by atoms with E-state index in [1.807, 2.05) is 36.4 Å². The Morgan fingerprint density at radius 2 is 1.17 bits per heavy atom. The quantitative estimate of drug-likeness (QED) is 0.721. The second-order valence-corrected chi connectivity index (χ2v) is 5.38. The molecule has 0 aromatic heterocycles. The van der Waals surface area contributed by atoms with Gasteiger partial charge in [0, 0.05) is 10.2 Å². The van der Waals surface area contributed by atoms with Gasteiger partial charge in [0.2, 0.25) is 0 Å². The van der Waals surface area contributed by atoms with Gasteiger partial charge in [-0.15, -0.1) is 0 Å². The largest absolute Gasteiger partial charge is 0.0985 e. The highest BCUT2D eigenvalue weighted by Crippen LogP contribution is 2.05. The van der Waals surface area contributed by atoms with Gasteiger partial charge >= 0.3 is 0 Å². The van der Waals surface area contributed by atoms with Crippen LogP contribution < -0.4 is 5.19 Å². The molecule has 0 amide bonds. The van der Waals surface area contributed by atoms with E-state index in [4.69, 9.17) is 0 Å². The van der Waals surface area contributed by atoms with Gasteiger partial charge in [-0.05, 0) is 18.1 Å². The second kappa shape index (κ2) is 7.46. The van der Waals surface area contributed by atoms with Crippen molar-refractivity contribution in [2.45, 2.75) is 6.92 Å². The number of hydrogen-bond donors (Lipinski definition) is 0. The van der Waals surface area contributed by atoms with Crippen molar-refractivity contribution in [2.24, 2.45) is 0 Å². The fourth-order valence-corrected chi connectivity index (χ4v) is 1.74. The Balaban J connectivity index is 0.000000184. The Kier molecular flexibility index (Phi) is 5.88. The predicted molar refractivity (Wildman–Crippen MR) is 87.4 cm³/mol. The highest BCUT2D eigenvalue weighted by atomic mass is 28.1. The Morgan fingerprint density at radius 3 is 1.44 bits per heavy atom. The topological polar surface area (TPSA) is 0 Å². The minimum absolute atomic E-state index is 1.14. The number of rotatable bonds is 2. The molecule has 0 atom stereocenters. The van der Waals surface area contributed by atoms with Gasteiger partial charge in [0.15, 0.2) is 0 Å². The number of aryl methyl sites for hydroxylation is 1. The van der Waals surface area contributed by atoms with Crippen molar-refractivity contribution in [2.75, 3.05) is 0 Å². The molecule has 0 N–H and O–H groups in total. The summed E-state index contributed by atoms with van der Waals surface area (Å²) >= 11 is 0. The van der Waals surface area contributed by atoms with Crippen LogP contribution in [0.5, 0.6) is 0 Å². The summed E-state index contributed by atoms with van der Waals surface area (Å²) in [6.45, 7) is 9.43. The van der Waals surface area contributed by atoms with E-state index in [0.29, 0.717) is 0 Å². The van der Waals surface area contributed by atoms with E-state index in [1.54, 1.807) is 0 Å². The molecule has 0 aliphatic heterocycles. The Bertz CT molecular complexity index is 444. The third-order valence-electron chi connectivity index (χ3n) is 2.63. The maximum Gasteiger partial charge on any atom is 0.0384 e. The van der Waals surface area contributed by atoms with Gasteiger partial charge in [-0.2, -0.15) is 0 Å². The van der Waals surface area contributed by atoms with E-state index in [0.717, 1.165) is 11.1 Å². The van der Waals surface area contributed by atoms with Crippen molar-refractivity contribution in [3.05, 3.63) is 78.4 Å². The van der Waals surface area contributed by atoms with Gasteiger partial charge in [0.25, 0.3) is 0 Å². The van der Waals surface area contributed by atoms with E-state index in [9.17, 15) is 0 Å². The van der Waals surface area contributed by atoms with Crippen molar-refractivity contribution >= 4 is 27.6 Å². The summed E-state index contributed by atoms with van der Waals surface area (Å²) in [5.74, 6) is 0. The summed E-state index contributed by atoms with van der Waals surface area (Å²) in [7, 11) is 1.17. The molecule has 0 saturated heterocycles. The Labute approximate surface area is 113 Å². The minimum Gasteiger partial charge on any atom is -0.0985 e. The Morgan fingerprint density at radius 1 is 0.778 bits per heavy atom. The maximum atomic E-state index is 3.66. The smallest absolute Gasteiger partial charge is 0.0384 e. The van der Waals surface area contributed by atoms with Gasteiger partial charge in [-0.3, -0.25) is 0 Å². The molecule has 0 unspecified atom stereocenters. The van der Waals surface area contributed by atoms with Crippen LogP contribution in [0.15, 0.2) is 61.7 Å². The normalized spacial score (nSPS) is 9.17. The highest BCUT2D eigenvalue weighted by Gasteiger charge is 1.84. The van der Waals surface area contributed by atoms with Crippen LogP contribution in [-0.4, -0.2) is 10.2 Å². The first-order valence-corrected chi connectivity index (χ1v) is 7.04. The standard InChI is InChI=1S/C10H10.C7H10Si/c1-3-9-5-7-10(4-2)8-6-9;1-6-2-4-7(8)5-3-6/h3-8H,1-2H2;2-5H,1,8H3. The monoisotopic (exact) mass is 252 g/mol. The molecule has 0 nitrogen and oxygen atoms in total. The van der Waals surface area contributed by atoms with Crippen LogP contribution in [-0.2, 0) is 0 Å². The second-order valence-electron chi connectivity index (χ2n) is 4.23. The molecule has 18 heavy (non-hydrogen) atoms. The summed E-state index contributed by atoms with van der Waals surface area (Å²) in [4.78, 5) is 0. The lowest BCUT2D eigenvalue weighted by molar-refractivity contribution is 1.49. The zero-order valence-electron chi connectivity index (χ0n) is 11.2. The van der Waals surface area contributed by atoms with Gasteiger partial charge in [-0.1, -0.05) is 84.6 Å². The molecule has 1 heteroatoms. The molecule has 0 bridgehead atoms. The molecule has 0 saturated carbocycles. The van der Waals surface area contributed by atoms with Gasteiger partial charge < -0.3 is 0 Å². The van der Waals surface area contributed by atoms with Crippen molar-refractivity contribution < 1.29 is 0 Å². The SMILES string of the molecule is C=Cc1ccc(C=C)cc1.Cc1ccc([SiH3])cc1. The fourth-order valence-electron chi connectivity index (χ4n) is 1.41. The summed E-state index contributed by atoms with van der Waals surface area (Å²) in [6.07, 6.45) is 3.65. The molecule has 92 valence electrons. The molecule has 0 aliphatic carbocycles. The van der Waals surface area contributed by atoms with Crippen molar-refractivity contribution in [1.82, 2.24) is 0 Å². The van der Waals surface area contributed by atoms with Gasteiger partial charge in [0.05, 0.1) is 0 Å². The average molecular weight is 252 g/mol. The van der Waals surface area contributed by atoms with Crippen molar-refractivity contribution in [1.29, 1.82) is 0 Å². The van der Waals surface area contributed by atoms with Gasteiger partial charge in [0.1, 0.15) is 0 Å². The molecular formula is C17H20Si. The number of benzene rings is 2. The lowest BCUT2D eigenvalue weighted by Crippen LogP contribution is -1.98. The summed E-state index contributed by atoms with van der Waals surface area (Å²) in [5.41, 5.74) is 3.64. The molecule has 0 heterocycles. The first-order valence-electron chi connectivity index (χ1n) is 6.04. The van der Waals surface area contributed by atoms with Crippen LogP contribution in [0.4, 0.5) is 0 Å². The fraction of sp³-hybridized carbons (Fsp3) is 0.0588. The van der Waals surface area contributed by atoms with Gasteiger partial charge in [-0.25, -0.2) is 0 Å². The van der Waals surface area contributed by atoms with Crippen LogP contribution in [0, 0.1) is 6.92 Å². The highest BCUT2D eigenvalue weighted by molar-refractivity contribution is 6.32. The van der Waals surface area contributed by atoms with E-state index in [-0.39, 0.29) is 0 Å². The average Bonchev–Trinajstić information content (AvgIpc) is 2.43. The van der Waals surface area contributed by atoms with Crippen LogP contribution in [0.1, 0.15) is 16.7 Å². The van der Waals surface area contributed by atoms with E-state index in [1.165, 1.54) is 21.0 Å². The Hall–Kier alpha value is -1.86. The minimum atomic E-state index is 1.14. The molecule has 2 aromatic rings. The van der Waals surface area contributed by atoms with Crippen LogP contribution >= 0.6 is 0 Å². The van der Waals surface area contributed by atoms with Crippen LogP contribution in [0.2, 0.25) is 0 Å². The first-order chi connectivity index (χ1) is 8.65. The third kappa shape index (κ3) is 4.98. The van der Waals surface area contributed by atoms with E-state index < -0.39 is 0 Å². The molecular weight excluding hydrogens is 232 g/mol. The van der Waals surface area contributed by atoms with Crippen molar-refractivity contribution in [3.8, 4) is 0 Å². The third-order valence-corrected chi connectivity index (χ3v) is 3.29. The molecule has 0 fully saturated rings. The summed E-state index contributed by atoms with van der Waals surface area (Å²) in [5, 5.41) is 1.47. The van der Waals surface area contributed by atoms with E-state index in [2.05, 4.69) is 44.3 Å². The summed E-state index contributed by atoms with van der Waals surface area (Å²) in [6, 6.07) is 16.7. The first kappa shape index (κ1) is 14.2. The maximum absolute atomic E-state index is 3.66. The van der Waals surface area contributed by atoms with E-state index >= 15 is 0 Å². The molecule has 2 aromatic carbocycles. The van der Waals surface area contributed by atoms with Crippen LogP contribution in [0.25, 0.3) is 12.2 Å². The molecule has 0 spiro atoms. The lowest BCUT2D eigenvalue weighted by atomic mass is 10.1. The zero-order chi connectivity index (χ0) is 13.4. The number of hydrogen-bond acceptors (Lipinski definition) is 0. The predicted octanol–water partition coefficient (Wildman–Crippen LogP) is 2.96. The zero-order valence-corrected chi connectivity index (χ0v) is 13.2. The molecule has 0 radical (unpaired) electrons. The molecule has 2 rings (SSSR count). The van der Waals surface area contributed by atoms with Crippen LogP contribution in [0.3, 0.4) is 0 Å². The molecule has 0 aliphatic rings. The lowest BCUT2D eigenvalue weighted by Gasteiger charge is -1.92. The van der Waals surface area contributed by atoms with Crippen molar-refractivity contribution in [3.63, 3.8) is 0 Å².